The van der Waals surface area contributed by atoms with Crippen molar-refractivity contribution >= 4 is 0 Å². The molecule has 2 N–H and O–H groups in total. The highest BCUT2D eigenvalue weighted by atomic mass is 15.4. The Kier molecular flexibility index (Phi) is 3.82. The summed E-state index contributed by atoms with van der Waals surface area (Å²) in [6.07, 6.45) is 7.33. The first-order valence-electron chi connectivity index (χ1n) is 5.84. The molecule has 0 amide bonds. The van der Waals surface area contributed by atoms with Crippen molar-refractivity contribution in [1.29, 1.82) is 0 Å². The lowest BCUT2D eigenvalue weighted by Gasteiger charge is -2.02. The Morgan fingerprint density at radius 1 is 1.35 bits per heavy atom. The van der Waals surface area contributed by atoms with Gasteiger partial charge in [-0.1, -0.05) is 12.1 Å². The van der Waals surface area contributed by atoms with Gasteiger partial charge in [-0.3, -0.25) is 9.67 Å². The van der Waals surface area contributed by atoms with Gasteiger partial charge < -0.3 is 5.73 Å². The molecule has 0 aromatic carbocycles. The first-order valence-corrected chi connectivity index (χ1v) is 5.84. The highest BCUT2D eigenvalue weighted by Gasteiger charge is 2.07. The van der Waals surface area contributed by atoms with Gasteiger partial charge in [0.15, 0.2) is 0 Å². The molecule has 2 aromatic rings. The molecule has 0 saturated carbocycles. The molecule has 0 saturated heterocycles. The number of aromatic nitrogens is 4. The molecule has 2 heterocycles. The van der Waals surface area contributed by atoms with E-state index < -0.39 is 0 Å². The predicted octanol–water partition coefficient (Wildman–Crippen LogP) is 1.33. The SMILES string of the molecule is CCC(N)c1cn(CCc2ccncc2)nn1. The number of nitrogens with two attached hydrogens (primary N) is 1. The molecule has 0 spiro atoms. The van der Waals surface area contributed by atoms with Crippen molar-refractivity contribution in [3.63, 3.8) is 0 Å². The van der Waals surface area contributed by atoms with Crippen LogP contribution in [0.3, 0.4) is 0 Å². The fraction of sp³-hybridized carbons (Fsp3) is 0.417. The van der Waals surface area contributed by atoms with Crippen molar-refractivity contribution < 1.29 is 0 Å². The maximum atomic E-state index is 5.89. The standard InChI is InChI=1S/C12H17N5/c1-2-11(13)12-9-17(16-15-12)8-5-10-3-6-14-7-4-10/h3-4,6-7,9,11H,2,5,8,13H2,1H3. The predicted molar refractivity (Wildman–Crippen MR) is 65.2 cm³/mol. The average Bonchev–Trinajstić information content (AvgIpc) is 2.85. The quantitative estimate of drug-likeness (QED) is 0.842. The number of hydrogen-bond acceptors (Lipinski definition) is 4. The Bertz CT molecular complexity index is 451. The van der Waals surface area contributed by atoms with Gasteiger partial charge in [0.1, 0.15) is 0 Å². The summed E-state index contributed by atoms with van der Waals surface area (Å²) in [5.74, 6) is 0. The van der Waals surface area contributed by atoms with Gasteiger partial charge in [0.05, 0.1) is 17.9 Å². The molecular formula is C12H17N5. The van der Waals surface area contributed by atoms with Crippen molar-refractivity contribution in [3.05, 3.63) is 42.0 Å². The minimum Gasteiger partial charge on any atom is -0.323 e. The van der Waals surface area contributed by atoms with Gasteiger partial charge in [-0.2, -0.15) is 0 Å². The average molecular weight is 231 g/mol. The largest absolute Gasteiger partial charge is 0.323 e. The van der Waals surface area contributed by atoms with Crippen molar-refractivity contribution in [2.45, 2.75) is 32.4 Å². The summed E-state index contributed by atoms with van der Waals surface area (Å²) in [5, 5.41) is 8.15. The van der Waals surface area contributed by atoms with E-state index in [1.54, 1.807) is 12.4 Å². The molecule has 0 aliphatic carbocycles. The molecule has 5 nitrogen and oxygen atoms in total. The summed E-state index contributed by atoms with van der Waals surface area (Å²) in [5.41, 5.74) is 8.00. The van der Waals surface area contributed by atoms with Gasteiger partial charge >= 0.3 is 0 Å². The van der Waals surface area contributed by atoms with Crippen molar-refractivity contribution in [2.24, 2.45) is 5.73 Å². The van der Waals surface area contributed by atoms with Crippen LogP contribution in [-0.2, 0) is 13.0 Å². The van der Waals surface area contributed by atoms with Gasteiger partial charge in [-0.15, -0.1) is 5.10 Å². The Morgan fingerprint density at radius 2 is 2.12 bits per heavy atom. The van der Waals surface area contributed by atoms with E-state index in [1.807, 2.05) is 29.9 Å². The third-order valence-electron chi connectivity index (χ3n) is 2.76. The zero-order chi connectivity index (χ0) is 12.1. The lowest BCUT2D eigenvalue weighted by molar-refractivity contribution is 0.588. The first kappa shape index (κ1) is 11.7. The fourth-order valence-electron chi connectivity index (χ4n) is 1.59. The minimum atomic E-state index is -0.00956. The van der Waals surface area contributed by atoms with Gasteiger partial charge in [0, 0.05) is 18.9 Å². The van der Waals surface area contributed by atoms with Crippen LogP contribution in [0, 0.1) is 0 Å². The molecule has 5 heteroatoms. The Balaban J connectivity index is 1.94. The van der Waals surface area contributed by atoms with E-state index in [2.05, 4.69) is 15.3 Å². The summed E-state index contributed by atoms with van der Waals surface area (Å²) in [4.78, 5) is 3.99. The molecule has 0 radical (unpaired) electrons. The number of aryl methyl sites for hydroxylation is 2. The topological polar surface area (TPSA) is 69.6 Å². The maximum absolute atomic E-state index is 5.89. The molecule has 1 atom stereocenters. The minimum absolute atomic E-state index is 0.00956. The highest BCUT2D eigenvalue weighted by Crippen LogP contribution is 2.09. The molecule has 90 valence electrons. The summed E-state index contributed by atoms with van der Waals surface area (Å²) < 4.78 is 1.84. The summed E-state index contributed by atoms with van der Waals surface area (Å²) >= 11 is 0. The molecule has 1 unspecified atom stereocenters. The molecule has 0 aliphatic rings. The molecule has 2 rings (SSSR count). The highest BCUT2D eigenvalue weighted by molar-refractivity contribution is 5.09. The molecule has 17 heavy (non-hydrogen) atoms. The molecular weight excluding hydrogens is 214 g/mol. The summed E-state index contributed by atoms with van der Waals surface area (Å²) in [7, 11) is 0. The van der Waals surface area contributed by atoms with Crippen molar-refractivity contribution in [1.82, 2.24) is 20.0 Å². The van der Waals surface area contributed by atoms with Gasteiger partial charge in [0.25, 0.3) is 0 Å². The maximum Gasteiger partial charge on any atom is 0.0993 e. The fourth-order valence-corrected chi connectivity index (χ4v) is 1.59. The van der Waals surface area contributed by atoms with E-state index in [4.69, 9.17) is 5.73 Å². The Labute approximate surface area is 101 Å². The second-order valence-corrected chi connectivity index (χ2v) is 4.03. The monoisotopic (exact) mass is 231 g/mol. The van der Waals surface area contributed by atoms with E-state index in [0.717, 1.165) is 25.1 Å². The van der Waals surface area contributed by atoms with Crippen molar-refractivity contribution in [3.8, 4) is 0 Å². The lowest BCUT2D eigenvalue weighted by Crippen LogP contribution is -2.08. The van der Waals surface area contributed by atoms with Crippen LogP contribution in [0.15, 0.2) is 30.7 Å². The van der Waals surface area contributed by atoms with Crippen LogP contribution in [0.5, 0.6) is 0 Å². The van der Waals surface area contributed by atoms with Gasteiger partial charge in [0.2, 0.25) is 0 Å². The van der Waals surface area contributed by atoms with Crippen LogP contribution in [0.4, 0.5) is 0 Å². The Morgan fingerprint density at radius 3 is 2.82 bits per heavy atom. The van der Waals surface area contributed by atoms with E-state index in [1.165, 1.54) is 5.56 Å². The number of nitrogens with zero attached hydrogens (tertiary/aromatic N) is 4. The normalized spacial score (nSPS) is 12.6. The van der Waals surface area contributed by atoms with Crippen LogP contribution in [0.25, 0.3) is 0 Å². The molecule has 0 fully saturated rings. The molecule has 0 aliphatic heterocycles. The van der Waals surface area contributed by atoms with Crippen LogP contribution in [0.2, 0.25) is 0 Å². The summed E-state index contributed by atoms with van der Waals surface area (Å²) in [6.45, 7) is 2.86. The lowest BCUT2D eigenvalue weighted by atomic mass is 10.2. The third kappa shape index (κ3) is 3.10. The Hall–Kier alpha value is -1.75. The molecule has 0 bridgehead atoms. The van der Waals surface area contributed by atoms with E-state index in [9.17, 15) is 0 Å². The van der Waals surface area contributed by atoms with E-state index >= 15 is 0 Å². The number of rotatable bonds is 5. The summed E-state index contributed by atoms with van der Waals surface area (Å²) in [6, 6.07) is 4.01. The zero-order valence-electron chi connectivity index (χ0n) is 9.95. The first-order chi connectivity index (χ1) is 8.29. The zero-order valence-corrected chi connectivity index (χ0v) is 9.95. The van der Waals surface area contributed by atoms with Crippen molar-refractivity contribution in [2.75, 3.05) is 0 Å². The second kappa shape index (κ2) is 5.54. The van der Waals surface area contributed by atoms with Gasteiger partial charge in [-0.05, 0) is 30.5 Å². The van der Waals surface area contributed by atoms with Crippen LogP contribution < -0.4 is 5.73 Å². The number of pyridine rings is 1. The second-order valence-electron chi connectivity index (χ2n) is 4.03. The van der Waals surface area contributed by atoms with Crippen LogP contribution >= 0.6 is 0 Å². The van der Waals surface area contributed by atoms with E-state index in [-0.39, 0.29) is 6.04 Å². The smallest absolute Gasteiger partial charge is 0.0993 e. The molecule has 2 aromatic heterocycles. The van der Waals surface area contributed by atoms with Crippen LogP contribution in [0.1, 0.15) is 30.6 Å². The van der Waals surface area contributed by atoms with Gasteiger partial charge in [-0.25, -0.2) is 0 Å². The third-order valence-corrected chi connectivity index (χ3v) is 2.76. The van der Waals surface area contributed by atoms with Crippen LogP contribution in [-0.4, -0.2) is 20.0 Å². The number of hydrogen-bond donors (Lipinski definition) is 1. The van der Waals surface area contributed by atoms with E-state index in [0.29, 0.717) is 0 Å².